The highest BCUT2D eigenvalue weighted by atomic mass is 16.5. The fraction of sp³-hybridized carbons (Fsp3) is 0.364. The highest BCUT2D eigenvalue weighted by Crippen LogP contribution is 2.24. The van der Waals surface area contributed by atoms with Crippen LogP contribution in [0.2, 0.25) is 0 Å². The van der Waals surface area contributed by atoms with Crippen molar-refractivity contribution < 1.29 is 14.3 Å². The second-order valence-corrected chi connectivity index (χ2v) is 7.14. The van der Waals surface area contributed by atoms with E-state index in [1.807, 2.05) is 55.5 Å². The maximum Gasteiger partial charge on any atom is 0.314 e. The first kappa shape index (κ1) is 19.7. The van der Waals surface area contributed by atoms with E-state index in [4.69, 9.17) is 4.74 Å². The molecular formula is C22H27N3O3. The molecule has 0 aliphatic carbocycles. The van der Waals surface area contributed by atoms with Crippen LogP contribution in [0.25, 0.3) is 0 Å². The van der Waals surface area contributed by atoms with Crippen LogP contribution >= 0.6 is 0 Å². The highest BCUT2D eigenvalue weighted by Gasteiger charge is 2.30. The number of aryl methyl sites for hydroxylation is 1. The molecule has 0 radical (unpaired) electrons. The average molecular weight is 381 g/mol. The lowest BCUT2D eigenvalue weighted by atomic mass is 10.1. The van der Waals surface area contributed by atoms with E-state index in [1.165, 1.54) is 5.56 Å². The Hall–Kier alpha value is -3.02. The van der Waals surface area contributed by atoms with Gasteiger partial charge in [-0.25, -0.2) is 4.79 Å². The van der Waals surface area contributed by atoms with Gasteiger partial charge in [-0.2, -0.15) is 0 Å². The summed E-state index contributed by atoms with van der Waals surface area (Å²) in [6.45, 7) is 3.70. The van der Waals surface area contributed by atoms with Crippen LogP contribution in [0.3, 0.4) is 0 Å². The fourth-order valence-corrected chi connectivity index (χ4v) is 3.30. The molecule has 1 aliphatic rings. The van der Waals surface area contributed by atoms with E-state index in [9.17, 15) is 9.59 Å². The predicted octanol–water partition coefficient (Wildman–Crippen LogP) is 2.90. The predicted molar refractivity (Wildman–Crippen MR) is 110 cm³/mol. The third-order valence-corrected chi connectivity index (χ3v) is 4.96. The van der Waals surface area contributed by atoms with Crippen molar-refractivity contribution in [3.05, 3.63) is 59.7 Å². The van der Waals surface area contributed by atoms with Crippen LogP contribution in [0.5, 0.6) is 5.75 Å². The number of hydrogen-bond acceptors (Lipinski definition) is 3. The van der Waals surface area contributed by atoms with Crippen molar-refractivity contribution in [1.29, 1.82) is 0 Å². The van der Waals surface area contributed by atoms with E-state index < -0.39 is 0 Å². The SMILES string of the molecule is COc1ccc(CCNC(=O)NC[C@H]2CC(=O)N(c3ccc(C)cc3)C2)cc1. The molecule has 1 aliphatic heterocycles. The van der Waals surface area contributed by atoms with Crippen molar-refractivity contribution >= 4 is 17.6 Å². The van der Waals surface area contributed by atoms with E-state index in [2.05, 4.69) is 10.6 Å². The number of carbonyl (C=O) groups excluding carboxylic acids is 2. The molecule has 3 rings (SSSR count). The number of anilines is 1. The number of methoxy groups -OCH3 is 1. The third-order valence-electron chi connectivity index (χ3n) is 4.96. The van der Waals surface area contributed by atoms with Gasteiger partial charge in [-0.3, -0.25) is 4.79 Å². The number of benzene rings is 2. The molecule has 1 saturated heterocycles. The van der Waals surface area contributed by atoms with Gasteiger partial charge in [0.15, 0.2) is 0 Å². The van der Waals surface area contributed by atoms with Crippen molar-refractivity contribution in [2.45, 2.75) is 19.8 Å². The van der Waals surface area contributed by atoms with Crippen LogP contribution in [0, 0.1) is 12.8 Å². The Kier molecular flexibility index (Phi) is 6.53. The summed E-state index contributed by atoms with van der Waals surface area (Å²) in [7, 11) is 1.64. The summed E-state index contributed by atoms with van der Waals surface area (Å²) in [6.07, 6.45) is 1.21. The lowest BCUT2D eigenvalue weighted by molar-refractivity contribution is -0.117. The number of amides is 3. The molecule has 2 aromatic carbocycles. The largest absolute Gasteiger partial charge is 0.497 e. The molecule has 2 N–H and O–H groups in total. The summed E-state index contributed by atoms with van der Waals surface area (Å²) in [5.41, 5.74) is 3.22. The van der Waals surface area contributed by atoms with Crippen molar-refractivity contribution in [1.82, 2.24) is 10.6 Å². The van der Waals surface area contributed by atoms with Gasteiger partial charge in [0.1, 0.15) is 5.75 Å². The summed E-state index contributed by atoms with van der Waals surface area (Å²) in [4.78, 5) is 26.1. The van der Waals surface area contributed by atoms with Crippen LogP contribution in [-0.2, 0) is 11.2 Å². The monoisotopic (exact) mass is 381 g/mol. The van der Waals surface area contributed by atoms with Crippen molar-refractivity contribution in [2.24, 2.45) is 5.92 Å². The first-order valence-electron chi connectivity index (χ1n) is 9.57. The van der Waals surface area contributed by atoms with Crippen molar-refractivity contribution in [2.75, 3.05) is 31.6 Å². The molecule has 3 amide bonds. The van der Waals surface area contributed by atoms with Crippen LogP contribution in [-0.4, -0.2) is 38.7 Å². The van der Waals surface area contributed by atoms with Gasteiger partial charge in [0.25, 0.3) is 0 Å². The van der Waals surface area contributed by atoms with Gasteiger partial charge in [0, 0.05) is 37.7 Å². The van der Waals surface area contributed by atoms with E-state index in [0.717, 1.165) is 23.4 Å². The average Bonchev–Trinajstić information content (AvgIpc) is 3.08. The molecule has 0 saturated carbocycles. The highest BCUT2D eigenvalue weighted by molar-refractivity contribution is 5.95. The molecule has 2 aromatic rings. The standard InChI is InChI=1S/C22H27N3O3/c1-16-3-7-19(8-4-16)25-15-18(13-21(25)26)14-24-22(27)23-12-11-17-5-9-20(28-2)10-6-17/h3-10,18H,11-15H2,1-2H3,(H2,23,24,27)/t18-/m1/s1. The Labute approximate surface area is 165 Å². The van der Waals surface area contributed by atoms with Crippen LogP contribution in [0.15, 0.2) is 48.5 Å². The number of rotatable bonds is 7. The Morgan fingerprint density at radius 1 is 1.11 bits per heavy atom. The van der Waals surface area contributed by atoms with E-state index in [1.54, 1.807) is 12.0 Å². The second kappa shape index (κ2) is 9.26. The zero-order valence-electron chi connectivity index (χ0n) is 16.4. The van der Waals surface area contributed by atoms with Crippen molar-refractivity contribution in [3.63, 3.8) is 0 Å². The molecular weight excluding hydrogens is 354 g/mol. The van der Waals surface area contributed by atoms with E-state index >= 15 is 0 Å². The lowest BCUT2D eigenvalue weighted by Crippen LogP contribution is -2.39. The minimum absolute atomic E-state index is 0.107. The molecule has 6 nitrogen and oxygen atoms in total. The number of carbonyl (C=O) groups is 2. The lowest BCUT2D eigenvalue weighted by Gasteiger charge is -2.17. The molecule has 0 spiro atoms. The van der Waals surface area contributed by atoms with Gasteiger partial charge in [0.2, 0.25) is 5.91 Å². The zero-order chi connectivity index (χ0) is 19.9. The van der Waals surface area contributed by atoms with Gasteiger partial charge in [-0.1, -0.05) is 29.8 Å². The smallest absolute Gasteiger partial charge is 0.314 e. The minimum atomic E-state index is -0.199. The minimum Gasteiger partial charge on any atom is -0.497 e. The number of hydrogen-bond donors (Lipinski definition) is 2. The molecule has 148 valence electrons. The number of nitrogens with one attached hydrogen (secondary N) is 2. The molecule has 0 unspecified atom stereocenters. The summed E-state index contributed by atoms with van der Waals surface area (Å²) in [5, 5.41) is 5.75. The Balaban J connectivity index is 1.38. The van der Waals surface area contributed by atoms with Crippen LogP contribution in [0.1, 0.15) is 17.5 Å². The summed E-state index contributed by atoms with van der Waals surface area (Å²) in [6, 6.07) is 15.5. The quantitative estimate of drug-likeness (QED) is 0.775. The van der Waals surface area contributed by atoms with E-state index in [-0.39, 0.29) is 17.9 Å². The molecule has 28 heavy (non-hydrogen) atoms. The maximum absolute atomic E-state index is 12.3. The topological polar surface area (TPSA) is 70.7 Å². The number of urea groups is 1. The summed E-state index contributed by atoms with van der Waals surface area (Å²) in [5.74, 6) is 1.05. The molecule has 0 aromatic heterocycles. The fourth-order valence-electron chi connectivity index (χ4n) is 3.30. The van der Waals surface area contributed by atoms with Crippen LogP contribution < -0.4 is 20.3 Å². The van der Waals surface area contributed by atoms with Gasteiger partial charge < -0.3 is 20.3 Å². The van der Waals surface area contributed by atoms with Gasteiger partial charge >= 0.3 is 6.03 Å². The maximum atomic E-state index is 12.3. The Morgan fingerprint density at radius 2 is 1.82 bits per heavy atom. The number of nitrogens with zero attached hydrogens (tertiary/aromatic N) is 1. The van der Waals surface area contributed by atoms with Gasteiger partial charge in [0.05, 0.1) is 7.11 Å². The Bertz CT molecular complexity index is 803. The van der Waals surface area contributed by atoms with Gasteiger partial charge in [-0.05, 0) is 43.2 Å². The molecule has 6 heteroatoms. The third kappa shape index (κ3) is 5.25. The molecule has 0 bridgehead atoms. The first-order chi connectivity index (χ1) is 13.5. The molecule has 1 heterocycles. The first-order valence-corrected chi connectivity index (χ1v) is 9.57. The molecule has 1 fully saturated rings. The summed E-state index contributed by atoms with van der Waals surface area (Å²) >= 11 is 0. The van der Waals surface area contributed by atoms with Crippen molar-refractivity contribution in [3.8, 4) is 5.75 Å². The summed E-state index contributed by atoms with van der Waals surface area (Å²) < 4.78 is 5.13. The zero-order valence-corrected chi connectivity index (χ0v) is 16.4. The number of ether oxygens (including phenoxy) is 1. The normalized spacial score (nSPS) is 16.1. The Morgan fingerprint density at radius 3 is 2.50 bits per heavy atom. The second-order valence-electron chi connectivity index (χ2n) is 7.14. The van der Waals surface area contributed by atoms with Gasteiger partial charge in [-0.15, -0.1) is 0 Å². The molecule has 1 atom stereocenters. The van der Waals surface area contributed by atoms with E-state index in [0.29, 0.717) is 26.1 Å². The van der Waals surface area contributed by atoms with Crippen LogP contribution in [0.4, 0.5) is 10.5 Å².